The zero-order valence-corrected chi connectivity index (χ0v) is 16.7. The minimum absolute atomic E-state index is 0.0637. The van der Waals surface area contributed by atoms with Crippen LogP contribution in [0.25, 0.3) is 0 Å². The van der Waals surface area contributed by atoms with Gasteiger partial charge in [0.25, 0.3) is 0 Å². The number of para-hydroxylation sites is 1. The van der Waals surface area contributed by atoms with Crippen LogP contribution in [0.4, 0.5) is 5.69 Å². The first-order valence-electron chi connectivity index (χ1n) is 8.98. The van der Waals surface area contributed by atoms with E-state index in [-0.39, 0.29) is 11.9 Å². The lowest BCUT2D eigenvalue weighted by molar-refractivity contribution is -0.116. The Balaban J connectivity index is 1.66. The molecule has 0 fully saturated rings. The molecule has 0 atom stereocenters. The summed E-state index contributed by atoms with van der Waals surface area (Å²) < 4.78 is 1.97. The molecule has 0 saturated carbocycles. The first-order valence-corrected chi connectivity index (χ1v) is 9.97. The van der Waals surface area contributed by atoms with Gasteiger partial charge >= 0.3 is 0 Å². The third-order valence-corrected chi connectivity index (χ3v) is 5.28. The molecule has 0 aliphatic carbocycles. The Bertz CT molecular complexity index is 878. The topological polar surface area (TPSA) is 51.0 Å². The number of benzene rings is 2. The van der Waals surface area contributed by atoms with Crippen LogP contribution in [0, 0.1) is 0 Å². The van der Waals surface area contributed by atoms with Crippen molar-refractivity contribution in [2.75, 3.05) is 10.7 Å². The molecule has 0 bridgehead atoms. The van der Waals surface area contributed by atoms with E-state index in [9.17, 15) is 4.79 Å². The third-order valence-electron chi connectivity index (χ3n) is 4.27. The van der Waals surface area contributed by atoms with Crippen LogP contribution in [0.3, 0.4) is 0 Å². The molecule has 0 radical (unpaired) electrons. The molecule has 0 aliphatic heterocycles. The van der Waals surface area contributed by atoms with Crippen molar-refractivity contribution >= 4 is 23.4 Å². The molecule has 0 spiro atoms. The Labute approximate surface area is 164 Å². The van der Waals surface area contributed by atoms with Crippen LogP contribution in [0.2, 0.25) is 0 Å². The zero-order chi connectivity index (χ0) is 19.2. The highest BCUT2D eigenvalue weighted by atomic mass is 32.2. The van der Waals surface area contributed by atoms with Crippen molar-refractivity contribution in [2.24, 2.45) is 7.05 Å². The van der Waals surface area contributed by atoms with E-state index in [1.165, 1.54) is 17.3 Å². The smallest absolute Gasteiger partial charge is 0.237 e. The number of hydrogen-bond acceptors (Lipinski definition) is 4. The van der Waals surface area contributed by atoms with Gasteiger partial charge in [0.15, 0.2) is 5.16 Å². The Morgan fingerprint density at radius 1 is 1.04 bits per heavy atom. The van der Waals surface area contributed by atoms with Gasteiger partial charge in [-0.2, -0.15) is 0 Å². The number of carbonyl (C=O) groups excluding carboxylic acids is 1. The maximum absolute atomic E-state index is 12.8. The first kappa shape index (κ1) is 19.2. The number of rotatable bonds is 7. The second-order valence-electron chi connectivity index (χ2n) is 6.60. The molecule has 1 aromatic heterocycles. The number of carbonyl (C=O) groups is 1. The van der Waals surface area contributed by atoms with Crippen LogP contribution in [0.5, 0.6) is 0 Å². The van der Waals surface area contributed by atoms with Crippen LogP contribution in [-0.4, -0.2) is 32.5 Å². The van der Waals surface area contributed by atoms with Gasteiger partial charge in [0.1, 0.15) is 5.82 Å². The number of anilines is 1. The lowest BCUT2D eigenvalue weighted by Gasteiger charge is -2.26. The predicted molar refractivity (Wildman–Crippen MR) is 110 cm³/mol. The van der Waals surface area contributed by atoms with Crippen molar-refractivity contribution in [3.63, 3.8) is 0 Å². The molecule has 0 N–H and O–H groups in total. The van der Waals surface area contributed by atoms with E-state index in [0.29, 0.717) is 5.75 Å². The summed E-state index contributed by atoms with van der Waals surface area (Å²) in [5, 5.41) is 9.32. The maximum atomic E-state index is 12.8. The molecule has 3 rings (SSSR count). The van der Waals surface area contributed by atoms with Gasteiger partial charge in [0.2, 0.25) is 5.91 Å². The van der Waals surface area contributed by atoms with Crippen LogP contribution in [0.1, 0.15) is 25.2 Å². The highest BCUT2D eigenvalue weighted by Gasteiger charge is 2.20. The molecule has 1 heterocycles. The summed E-state index contributed by atoms with van der Waals surface area (Å²) in [7, 11) is 1.95. The Hall–Kier alpha value is -2.60. The molecule has 1 amide bonds. The summed E-state index contributed by atoms with van der Waals surface area (Å²) in [5.74, 6) is 1.28. The van der Waals surface area contributed by atoms with Crippen molar-refractivity contribution in [3.8, 4) is 0 Å². The third kappa shape index (κ3) is 4.77. The minimum Gasteiger partial charge on any atom is -0.309 e. The fourth-order valence-corrected chi connectivity index (χ4v) is 3.71. The minimum atomic E-state index is 0.0637. The summed E-state index contributed by atoms with van der Waals surface area (Å²) in [6, 6.07) is 20.0. The summed E-state index contributed by atoms with van der Waals surface area (Å²) >= 11 is 1.43. The fourth-order valence-electron chi connectivity index (χ4n) is 2.92. The standard InChI is InChI=1S/C21H24N4OS/c1-16(2)25(18-12-8-5-9-13-18)20(26)15-27-21-23-22-19(24(21)3)14-17-10-6-4-7-11-17/h4-13,16H,14-15H2,1-3H3. The van der Waals surface area contributed by atoms with E-state index in [2.05, 4.69) is 22.3 Å². The van der Waals surface area contributed by atoms with Crippen LogP contribution in [-0.2, 0) is 18.3 Å². The second kappa shape index (κ2) is 8.86. The average molecular weight is 381 g/mol. The summed E-state index contributed by atoms with van der Waals surface area (Å²) in [6.07, 6.45) is 0.723. The molecular formula is C21H24N4OS. The van der Waals surface area contributed by atoms with Gasteiger partial charge in [0, 0.05) is 25.2 Å². The second-order valence-corrected chi connectivity index (χ2v) is 7.54. The van der Waals surface area contributed by atoms with Crippen LogP contribution >= 0.6 is 11.8 Å². The van der Waals surface area contributed by atoms with Gasteiger partial charge in [-0.15, -0.1) is 10.2 Å². The fraction of sp³-hybridized carbons (Fsp3) is 0.286. The van der Waals surface area contributed by atoms with Gasteiger partial charge in [-0.3, -0.25) is 4.79 Å². The van der Waals surface area contributed by atoms with E-state index in [1.807, 2.05) is 78.9 Å². The van der Waals surface area contributed by atoms with Crippen molar-refractivity contribution in [1.29, 1.82) is 0 Å². The number of amides is 1. The van der Waals surface area contributed by atoms with E-state index in [0.717, 1.165) is 23.1 Å². The van der Waals surface area contributed by atoms with E-state index >= 15 is 0 Å². The van der Waals surface area contributed by atoms with Gasteiger partial charge in [-0.1, -0.05) is 60.3 Å². The van der Waals surface area contributed by atoms with Crippen LogP contribution in [0.15, 0.2) is 65.8 Å². The normalized spacial score (nSPS) is 11.0. The van der Waals surface area contributed by atoms with Gasteiger partial charge in [-0.05, 0) is 31.5 Å². The zero-order valence-electron chi connectivity index (χ0n) is 15.9. The first-order chi connectivity index (χ1) is 13.1. The van der Waals surface area contributed by atoms with E-state index in [4.69, 9.17) is 0 Å². The van der Waals surface area contributed by atoms with Crippen molar-refractivity contribution in [1.82, 2.24) is 14.8 Å². The quantitative estimate of drug-likeness (QED) is 0.583. The number of hydrogen-bond donors (Lipinski definition) is 0. The molecule has 140 valence electrons. The van der Waals surface area contributed by atoms with Gasteiger partial charge < -0.3 is 9.47 Å². The maximum Gasteiger partial charge on any atom is 0.237 e. The highest BCUT2D eigenvalue weighted by Crippen LogP contribution is 2.22. The van der Waals surface area contributed by atoms with Crippen molar-refractivity contribution in [2.45, 2.75) is 31.5 Å². The Morgan fingerprint density at radius 2 is 1.67 bits per heavy atom. The Morgan fingerprint density at radius 3 is 2.30 bits per heavy atom. The molecule has 3 aromatic rings. The van der Waals surface area contributed by atoms with Crippen LogP contribution < -0.4 is 4.90 Å². The molecule has 0 saturated heterocycles. The molecule has 5 nitrogen and oxygen atoms in total. The largest absolute Gasteiger partial charge is 0.309 e. The van der Waals surface area contributed by atoms with E-state index < -0.39 is 0 Å². The number of aromatic nitrogens is 3. The summed E-state index contributed by atoms with van der Waals surface area (Å²) in [5.41, 5.74) is 2.11. The van der Waals surface area contributed by atoms with Gasteiger partial charge in [-0.25, -0.2) is 0 Å². The molecule has 0 aliphatic rings. The lowest BCUT2D eigenvalue weighted by Crippen LogP contribution is -2.38. The lowest BCUT2D eigenvalue weighted by atomic mass is 10.1. The number of nitrogens with zero attached hydrogens (tertiary/aromatic N) is 4. The molecule has 2 aromatic carbocycles. The number of thioether (sulfide) groups is 1. The van der Waals surface area contributed by atoms with Gasteiger partial charge in [0.05, 0.1) is 5.75 Å². The molecule has 27 heavy (non-hydrogen) atoms. The van der Waals surface area contributed by atoms with Crippen molar-refractivity contribution in [3.05, 3.63) is 72.1 Å². The SMILES string of the molecule is CC(C)N(C(=O)CSc1nnc(Cc2ccccc2)n1C)c1ccccc1. The average Bonchev–Trinajstić information content (AvgIpc) is 3.01. The summed E-state index contributed by atoms with van der Waals surface area (Å²) in [4.78, 5) is 14.6. The monoisotopic (exact) mass is 380 g/mol. The molecule has 6 heteroatoms. The van der Waals surface area contributed by atoms with Crippen molar-refractivity contribution < 1.29 is 4.79 Å². The van der Waals surface area contributed by atoms with E-state index in [1.54, 1.807) is 0 Å². The Kier molecular flexibility index (Phi) is 6.29. The molecular weight excluding hydrogens is 356 g/mol. The molecule has 0 unspecified atom stereocenters. The highest BCUT2D eigenvalue weighted by molar-refractivity contribution is 7.99. The summed E-state index contributed by atoms with van der Waals surface area (Å²) in [6.45, 7) is 4.05. The predicted octanol–water partition coefficient (Wildman–Crippen LogP) is 3.94.